The van der Waals surface area contributed by atoms with E-state index in [0.29, 0.717) is 36.1 Å². The Morgan fingerprint density at radius 2 is 1.94 bits per heavy atom. The number of amides is 3. The zero-order chi connectivity index (χ0) is 25.2. The summed E-state index contributed by atoms with van der Waals surface area (Å²) in [4.78, 5) is 41.6. The number of rotatable bonds is 9. The molecular formula is C25H27F2N3O5. The number of ether oxygens (including phenoxy) is 2. The first-order valence-electron chi connectivity index (χ1n) is 11.4. The van der Waals surface area contributed by atoms with Crippen molar-refractivity contribution in [3.63, 3.8) is 0 Å². The molecule has 1 N–H and O–H groups in total. The van der Waals surface area contributed by atoms with E-state index in [0.717, 1.165) is 0 Å². The van der Waals surface area contributed by atoms with Crippen LogP contribution in [0.2, 0.25) is 0 Å². The van der Waals surface area contributed by atoms with Crippen LogP contribution in [0.25, 0.3) is 0 Å². The van der Waals surface area contributed by atoms with Gasteiger partial charge in [-0.3, -0.25) is 19.3 Å². The third-order valence-electron chi connectivity index (χ3n) is 6.49. The van der Waals surface area contributed by atoms with Gasteiger partial charge in [0.25, 0.3) is 5.91 Å². The summed E-state index contributed by atoms with van der Waals surface area (Å²) < 4.78 is 34.7. The predicted molar refractivity (Wildman–Crippen MR) is 124 cm³/mol. The number of carbonyl (C=O) groups excluding carboxylic acids is 3. The zero-order valence-corrected chi connectivity index (χ0v) is 19.6. The summed E-state index contributed by atoms with van der Waals surface area (Å²) in [6.45, 7) is -0.685. The lowest BCUT2D eigenvalue weighted by atomic mass is 9.98. The lowest BCUT2D eigenvalue weighted by molar-refractivity contribution is -0.121. The number of hydrogen-bond acceptors (Lipinski definition) is 5. The highest BCUT2D eigenvalue weighted by Gasteiger charge is 2.52. The van der Waals surface area contributed by atoms with Crippen molar-refractivity contribution in [3.8, 4) is 11.5 Å². The molecule has 0 radical (unpaired) electrons. The second-order valence-corrected chi connectivity index (χ2v) is 8.63. The van der Waals surface area contributed by atoms with Crippen molar-refractivity contribution in [2.45, 2.75) is 44.9 Å². The number of benzene rings is 2. The minimum Gasteiger partial charge on any atom is -0.493 e. The molecule has 1 saturated heterocycles. The van der Waals surface area contributed by atoms with Gasteiger partial charge in [-0.25, -0.2) is 0 Å². The molecule has 2 aliphatic heterocycles. The first-order valence-corrected chi connectivity index (χ1v) is 11.4. The van der Waals surface area contributed by atoms with Gasteiger partial charge < -0.3 is 19.7 Å². The number of hydrogen-bond donors (Lipinski definition) is 1. The molecule has 0 aliphatic carbocycles. The van der Waals surface area contributed by atoms with Gasteiger partial charge >= 0.3 is 6.61 Å². The summed E-state index contributed by atoms with van der Waals surface area (Å²) in [7, 11) is 1.36. The van der Waals surface area contributed by atoms with E-state index in [9.17, 15) is 23.2 Å². The second kappa shape index (κ2) is 9.89. The van der Waals surface area contributed by atoms with E-state index in [2.05, 4.69) is 10.1 Å². The average molecular weight is 488 g/mol. The number of halogens is 2. The first-order chi connectivity index (χ1) is 16.7. The second-order valence-electron chi connectivity index (χ2n) is 8.63. The molecule has 0 saturated carbocycles. The van der Waals surface area contributed by atoms with E-state index in [4.69, 9.17) is 4.74 Å². The molecule has 2 aliphatic rings. The molecular weight excluding hydrogens is 460 g/mol. The van der Waals surface area contributed by atoms with Gasteiger partial charge in [-0.15, -0.1) is 0 Å². The maximum absolute atomic E-state index is 13.2. The fourth-order valence-corrected chi connectivity index (χ4v) is 4.75. The Morgan fingerprint density at radius 1 is 1.17 bits per heavy atom. The Bertz CT molecular complexity index is 1140. The van der Waals surface area contributed by atoms with E-state index in [1.54, 1.807) is 40.1 Å². The fourth-order valence-electron chi connectivity index (χ4n) is 4.75. The lowest BCUT2D eigenvalue weighted by Crippen LogP contribution is -2.62. The van der Waals surface area contributed by atoms with Crippen LogP contribution in [0.15, 0.2) is 42.5 Å². The van der Waals surface area contributed by atoms with Crippen LogP contribution in [-0.2, 0) is 16.0 Å². The highest BCUT2D eigenvalue weighted by Crippen LogP contribution is 2.43. The molecule has 0 bridgehead atoms. The number of carbonyl (C=O) groups is 3. The van der Waals surface area contributed by atoms with Crippen molar-refractivity contribution in [1.82, 2.24) is 10.2 Å². The van der Waals surface area contributed by atoms with Crippen LogP contribution < -0.4 is 19.7 Å². The first kappa shape index (κ1) is 24.4. The maximum Gasteiger partial charge on any atom is 0.387 e. The predicted octanol–water partition coefficient (Wildman–Crippen LogP) is 3.34. The summed E-state index contributed by atoms with van der Waals surface area (Å²) in [5.41, 5.74) is 0.935. The van der Waals surface area contributed by atoms with E-state index >= 15 is 0 Å². The van der Waals surface area contributed by atoms with Crippen molar-refractivity contribution >= 4 is 23.4 Å². The van der Waals surface area contributed by atoms with Crippen molar-refractivity contribution in [2.75, 3.05) is 25.1 Å². The van der Waals surface area contributed by atoms with Gasteiger partial charge in [0.1, 0.15) is 5.66 Å². The van der Waals surface area contributed by atoms with Gasteiger partial charge in [-0.2, -0.15) is 8.78 Å². The Morgan fingerprint density at radius 3 is 2.69 bits per heavy atom. The highest BCUT2D eigenvalue weighted by molar-refractivity contribution is 6.10. The zero-order valence-electron chi connectivity index (χ0n) is 19.6. The van der Waals surface area contributed by atoms with Crippen LogP contribution in [-0.4, -0.2) is 55.1 Å². The molecule has 2 heterocycles. The monoisotopic (exact) mass is 487 g/mol. The van der Waals surface area contributed by atoms with Crippen LogP contribution >= 0.6 is 0 Å². The van der Waals surface area contributed by atoms with Crippen LogP contribution in [0.4, 0.5) is 14.5 Å². The Balaban J connectivity index is 1.36. The third-order valence-corrected chi connectivity index (χ3v) is 6.49. The summed E-state index contributed by atoms with van der Waals surface area (Å²) in [5, 5.41) is 2.80. The largest absolute Gasteiger partial charge is 0.493 e. The van der Waals surface area contributed by atoms with Crippen molar-refractivity contribution in [3.05, 3.63) is 53.6 Å². The molecule has 10 heteroatoms. The lowest BCUT2D eigenvalue weighted by Gasteiger charge is -2.48. The molecule has 8 nitrogen and oxygen atoms in total. The molecule has 2 aromatic rings. The molecule has 0 spiro atoms. The van der Waals surface area contributed by atoms with Gasteiger partial charge in [-0.1, -0.05) is 18.2 Å². The van der Waals surface area contributed by atoms with Crippen LogP contribution in [0, 0.1) is 0 Å². The molecule has 4 rings (SSSR count). The number of nitrogens with zero attached hydrogens (tertiary/aromatic N) is 2. The molecule has 186 valence electrons. The minimum atomic E-state index is -2.98. The van der Waals surface area contributed by atoms with E-state index in [1.165, 1.54) is 19.2 Å². The minimum absolute atomic E-state index is 0.0448. The van der Waals surface area contributed by atoms with Gasteiger partial charge in [0, 0.05) is 25.9 Å². The normalized spacial score (nSPS) is 19.0. The molecule has 3 amide bonds. The number of fused-ring (bicyclic) bond motifs is 3. The van der Waals surface area contributed by atoms with Crippen LogP contribution in [0.1, 0.15) is 42.1 Å². The van der Waals surface area contributed by atoms with Crippen LogP contribution in [0.5, 0.6) is 11.5 Å². The fraction of sp³-hybridized carbons (Fsp3) is 0.400. The standard InChI is InChI=1S/C25H27F2N3O5/c1-25-12-9-22(32)30(25)18-6-4-3-5-17(18)23(33)29(25)14-11-21(31)28-13-10-16-7-8-19(34-2)20(15-16)35-24(26)27/h3-8,15,24H,9-14H2,1-2H3,(H,28,31). The molecule has 1 unspecified atom stereocenters. The summed E-state index contributed by atoms with van der Waals surface area (Å²) in [5.74, 6) is -0.380. The van der Waals surface area contributed by atoms with Crippen LogP contribution in [0.3, 0.4) is 0 Å². The summed E-state index contributed by atoms with van der Waals surface area (Å²) >= 11 is 0. The SMILES string of the molecule is COc1ccc(CCNC(=O)CCN2C(=O)c3ccccc3N3C(=O)CCC23C)cc1OC(F)F. The average Bonchev–Trinajstić information content (AvgIpc) is 3.13. The summed E-state index contributed by atoms with van der Waals surface area (Å²) in [6, 6.07) is 11.7. The molecule has 35 heavy (non-hydrogen) atoms. The van der Waals surface area contributed by atoms with Crippen molar-refractivity contribution in [1.29, 1.82) is 0 Å². The van der Waals surface area contributed by atoms with E-state index < -0.39 is 12.3 Å². The van der Waals surface area contributed by atoms with Gasteiger partial charge in [0.15, 0.2) is 11.5 Å². The summed E-state index contributed by atoms with van der Waals surface area (Å²) in [6.07, 6.45) is 1.28. The van der Waals surface area contributed by atoms with E-state index in [-0.39, 0.29) is 48.7 Å². The Kier molecular flexibility index (Phi) is 6.90. The molecule has 0 aromatic heterocycles. The number of para-hydroxylation sites is 1. The third kappa shape index (κ3) is 4.78. The van der Waals surface area contributed by atoms with Crippen molar-refractivity contribution in [2.24, 2.45) is 0 Å². The highest BCUT2D eigenvalue weighted by atomic mass is 19.3. The Labute approximate surface area is 201 Å². The molecule has 1 fully saturated rings. The topological polar surface area (TPSA) is 88.2 Å². The number of anilines is 1. The van der Waals surface area contributed by atoms with Gasteiger partial charge in [-0.05, 0) is 49.6 Å². The Hall–Kier alpha value is -3.69. The smallest absolute Gasteiger partial charge is 0.387 e. The maximum atomic E-state index is 13.2. The van der Waals surface area contributed by atoms with Gasteiger partial charge in [0.2, 0.25) is 11.8 Å². The molecule has 1 atom stereocenters. The van der Waals surface area contributed by atoms with E-state index in [1.807, 2.05) is 6.92 Å². The number of alkyl halides is 2. The number of methoxy groups -OCH3 is 1. The quantitative estimate of drug-likeness (QED) is 0.586. The molecule has 2 aromatic carbocycles. The van der Waals surface area contributed by atoms with Gasteiger partial charge in [0.05, 0.1) is 18.4 Å². The van der Waals surface area contributed by atoms with Crippen molar-refractivity contribution < 1.29 is 32.6 Å². The number of nitrogens with one attached hydrogen (secondary N) is 1.